The minimum atomic E-state index is -0.718. The third-order valence-corrected chi connectivity index (χ3v) is 4.77. The van der Waals surface area contributed by atoms with Crippen molar-refractivity contribution in [2.45, 2.75) is 12.8 Å². The highest BCUT2D eigenvalue weighted by Gasteiger charge is 2.24. The van der Waals surface area contributed by atoms with Crippen molar-refractivity contribution in [2.75, 3.05) is 25.1 Å². The Balaban J connectivity index is 1.80. The molecule has 1 aliphatic heterocycles. The maximum Gasteiger partial charge on any atom is 0.293 e. The zero-order valence-corrected chi connectivity index (χ0v) is 16.5. The summed E-state index contributed by atoms with van der Waals surface area (Å²) in [5, 5.41) is 36.2. The molecule has 1 aliphatic rings. The largest absolute Gasteiger partial charge is 0.504 e. The van der Waals surface area contributed by atoms with Crippen LogP contribution in [0.2, 0.25) is 0 Å². The molecule has 0 saturated carbocycles. The maximum atomic E-state index is 12.4. The van der Waals surface area contributed by atoms with Crippen LogP contribution in [0.3, 0.4) is 0 Å². The van der Waals surface area contributed by atoms with Crippen LogP contribution in [0.1, 0.15) is 28.8 Å². The van der Waals surface area contributed by atoms with Crippen LogP contribution in [-0.4, -0.2) is 47.3 Å². The van der Waals surface area contributed by atoms with Gasteiger partial charge in [-0.1, -0.05) is 0 Å². The van der Waals surface area contributed by atoms with Crippen molar-refractivity contribution in [3.8, 4) is 11.5 Å². The van der Waals surface area contributed by atoms with E-state index >= 15 is 0 Å². The number of ether oxygens (including phenoxy) is 1. The van der Waals surface area contributed by atoms with E-state index in [9.17, 15) is 30.1 Å². The van der Waals surface area contributed by atoms with Crippen molar-refractivity contribution in [1.29, 1.82) is 0 Å². The predicted molar refractivity (Wildman–Crippen MR) is 111 cm³/mol. The lowest BCUT2D eigenvalue weighted by Gasteiger charge is -2.17. The van der Waals surface area contributed by atoms with E-state index in [1.807, 2.05) is 4.90 Å². The lowest BCUT2D eigenvalue weighted by molar-refractivity contribution is -0.385. The minimum Gasteiger partial charge on any atom is -0.504 e. The van der Waals surface area contributed by atoms with Gasteiger partial charge in [0.2, 0.25) is 0 Å². The number of phenolic OH excluding ortho intramolecular Hbond substituents is 1. The Kier molecular flexibility index (Phi) is 6.29. The number of hydrazone groups is 1. The van der Waals surface area contributed by atoms with E-state index in [0.29, 0.717) is 18.8 Å². The second-order valence-electron chi connectivity index (χ2n) is 6.70. The normalized spacial score (nSPS) is 13.4. The molecule has 0 unspecified atom stereocenters. The number of non-ortho nitro benzene ring substituents is 1. The standard InChI is InChI=1S/C19H19N5O7/c1-31-17-10-14(23(27)28)8-13(18(17)25)11-20-21-19(26)12-4-5-15(16(9-12)24(29)30)22-6-2-3-7-22/h4-5,8-11,25H,2-3,6-7H2,1H3,(H,21,26)/b20-11-. The van der Waals surface area contributed by atoms with Crippen LogP contribution in [0.15, 0.2) is 35.4 Å². The fourth-order valence-electron chi connectivity index (χ4n) is 3.24. The van der Waals surface area contributed by atoms with Crippen LogP contribution in [-0.2, 0) is 0 Å². The Labute approximate surface area is 176 Å². The summed E-state index contributed by atoms with van der Waals surface area (Å²) in [5.41, 5.74) is 2.09. The van der Waals surface area contributed by atoms with Crippen LogP contribution in [0.4, 0.5) is 17.1 Å². The molecule has 0 aliphatic carbocycles. The number of anilines is 1. The van der Waals surface area contributed by atoms with Gasteiger partial charge in [-0.15, -0.1) is 0 Å². The Hall–Kier alpha value is -4.22. The van der Waals surface area contributed by atoms with E-state index < -0.39 is 21.5 Å². The van der Waals surface area contributed by atoms with E-state index in [1.165, 1.54) is 25.3 Å². The van der Waals surface area contributed by atoms with E-state index in [-0.39, 0.29) is 28.3 Å². The monoisotopic (exact) mass is 429 g/mol. The fraction of sp³-hybridized carbons (Fsp3) is 0.263. The van der Waals surface area contributed by atoms with Gasteiger partial charge >= 0.3 is 0 Å². The first kappa shape index (κ1) is 21.5. The SMILES string of the molecule is COc1cc([N+](=O)[O-])cc(/C=N\NC(=O)c2ccc(N3CCCC3)c([N+](=O)[O-])c2)c1O. The first-order chi connectivity index (χ1) is 14.8. The highest BCUT2D eigenvalue weighted by molar-refractivity contribution is 5.96. The van der Waals surface area contributed by atoms with Crippen LogP contribution in [0.5, 0.6) is 11.5 Å². The van der Waals surface area contributed by atoms with Crippen molar-refractivity contribution in [3.63, 3.8) is 0 Å². The third kappa shape index (κ3) is 4.69. The number of hydrogen-bond donors (Lipinski definition) is 2. The number of nitrogens with one attached hydrogen (secondary N) is 1. The van der Waals surface area contributed by atoms with Crippen molar-refractivity contribution < 1.29 is 24.5 Å². The van der Waals surface area contributed by atoms with Crippen LogP contribution >= 0.6 is 0 Å². The molecule has 1 heterocycles. The van der Waals surface area contributed by atoms with Gasteiger partial charge in [-0.05, 0) is 25.0 Å². The lowest BCUT2D eigenvalue weighted by atomic mass is 10.1. The van der Waals surface area contributed by atoms with Gasteiger partial charge in [-0.2, -0.15) is 5.10 Å². The molecule has 1 fully saturated rings. The highest BCUT2D eigenvalue weighted by atomic mass is 16.6. The number of amides is 1. The fourth-order valence-corrected chi connectivity index (χ4v) is 3.24. The highest BCUT2D eigenvalue weighted by Crippen LogP contribution is 2.34. The molecule has 1 amide bonds. The van der Waals surface area contributed by atoms with Gasteiger partial charge in [-0.3, -0.25) is 25.0 Å². The Morgan fingerprint density at radius 1 is 1.19 bits per heavy atom. The summed E-state index contributed by atoms with van der Waals surface area (Å²) >= 11 is 0. The van der Waals surface area contributed by atoms with Crippen LogP contribution < -0.4 is 15.1 Å². The van der Waals surface area contributed by atoms with Gasteiger partial charge in [0.25, 0.3) is 17.3 Å². The van der Waals surface area contributed by atoms with Gasteiger partial charge in [0.1, 0.15) is 5.69 Å². The molecule has 3 rings (SSSR count). The molecule has 1 saturated heterocycles. The first-order valence-corrected chi connectivity index (χ1v) is 9.24. The molecule has 162 valence electrons. The van der Waals surface area contributed by atoms with Crippen LogP contribution in [0.25, 0.3) is 0 Å². The Bertz CT molecular complexity index is 1060. The number of phenols is 1. The Morgan fingerprint density at radius 2 is 1.90 bits per heavy atom. The van der Waals surface area contributed by atoms with Gasteiger partial charge in [-0.25, -0.2) is 5.43 Å². The van der Waals surface area contributed by atoms with Crippen LogP contribution in [0, 0.1) is 20.2 Å². The van der Waals surface area contributed by atoms with Crippen molar-refractivity contribution >= 4 is 29.2 Å². The first-order valence-electron chi connectivity index (χ1n) is 9.24. The quantitative estimate of drug-likeness (QED) is 0.386. The van der Waals surface area contributed by atoms with Gasteiger partial charge in [0, 0.05) is 36.3 Å². The molecule has 2 aromatic rings. The molecule has 0 atom stereocenters. The van der Waals surface area contributed by atoms with Crippen molar-refractivity contribution in [2.24, 2.45) is 5.10 Å². The number of nitrogens with zero attached hydrogens (tertiary/aromatic N) is 4. The van der Waals surface area contributed by atoms with Gasteiger partial charge in [0.15, 0.2) is 11.5 Å². The molecular weight excluding hydrogens is 410 g/mol. The molecule has 0 aromatic heterocycles. The lowest BCUT2D eigenvalue weighted by Crippen LogP contribution is -2.21. The molecular formula is C19H19N5O7. The molecule has 2 aromatic carbocycles. The smallest absolute Gasteiger partial charge is 0.293 e. The van der Waals surface area contributed by atoms with Gasteiger partial charge in [0.05, 0.1) is 29.2 Å². The molecule has 0 spiro atoms. The number of rotatable bonds is 7. The van der Waals surface area contributed by atoms with E-state index in [4.69, 9.17) is 4.74 Å². The molecule has 0 radical (unpaired) electrons. The summed E-state index contributed by atoms with van der Waals surface area (Å²) in [4.78, 5) is 35.5. The second kappa shape index (κ2) is 9.07. The summed E-state index contributed by atoms with van der Waals surface area (Å²) in [5.74, 6) is -1.24. The van der Waals surface area contributed by atoms with E-state index in [1.54, 1.807) is 0 Å². The van der Waals surface area contributed by atoms with Crippen molar-refractivity contribution in [1.82, 2.24) is 5.43 Å². The van der Waals surface area contributed by atoms with E-state index in [2.05, 4.69) is 10.5 Å². The zero-order valence-electron chi connectivity index (χ0n) is 16.5. The number of hydrogen-bond acceptors (Lipinski definition) is 9. The minimum absolute atomic E-state index is 0.0210. The third-order valence-electron chi connectivity index (χ3n) is 4.77. The number of nitro groups is 2. The zero-order chi connectivity index (χ0) is 22.5. The maximum absolute atomic E-state index is 12.4. The average molecular weight is 429 g/mol. The summed E-state index contributed by atoms with van der Waals surface area (Å²) in [6.45, 7) is 1.43. The molecule has 2 N–H and O–H groups in total. The van der Waals surface area contributed by atoms with Gasteiger partial charge < -0.3 is 14.7 Å². The molecule has 31 heavy (non-hydrogen) atoms. The number of carbonyl (C=O) groups is 1. The number of aromatic hydroxyl groups is 1. The number of methoxy groups -OCH3 is 1. The average Bonchev–Trinajstić information content (AvgIpc) is 3.28. The second-order valence-corrected chi connectivity index (χ2v) is 6.70. The van der Waals surface area contributed by atoms with Crippen molar-refractivity contribution in [3.05, 3.63) is 61.7 Å². The topological polar surface area (TPSA) is 160 Å². The van der Waals surface area contributed by atoms with E-state index in [0.717, 1.165) is 31.2 Å². The predicted octanol–water partition coefficient (Wildman–Crippen LogP) is 2.58. The molecule has 12 heteroatoms. The molecule has 0 bridgehead atoms. The number of benzene rings is 2. The summed E-state index contributed by atoms with van der Waals surface area (Å²) in [7, 11) is 1.24. The summed E-state index contributed by atoms with van der Waals surface area (Å²) in [6.07, 6.45) is 2.91. The summed E-state index contributed by atoms with van der Waals surface area (Å²) < 4.78 is 4.89. The number of carbonyl (C=O) groups excluding carboxylic acids is 1. The Morgan fingerprint density at radius 3 is 2.52 bits per heavy atom. The number of nitro benzene ring substituents is 2. The summed E-state index contributed by atoms with van der Waals surface area (Å²) in [6, 6.07) is 6.26. The molecule has 12 nitrogen and oxygen atoms in total.